The number of rotatable bonds is 5. The first kappa shape index (κ1) is 22.5. The van der Waals surface area contributed by atoms with Crippen LogP contribution in [0.1, 0.15) is 24.2 Å². The van der Waals surface area contributed by atoms with Crippen LogP contribution in [0.15, 0.2) is 41.7 Å². The van der Waals surface area contributed by atoms with E-state index >= 15 is 0 Å². The maximum atomic E-state index is 5.95. The SMILES string of the molecule is CCNC(=NCc1ccc(N(C)C)cc1)N1CCOC(c2cnn(C)c2)C1.I. The first-order chi connectivity index (χ1) is 13.1. The molecule has 0 amide bonds. The van der Waals surface area contributed by atoms with E-state index < -0.39 is 0 Å². The predicted molar refractivity (Wildman–Crippen MR) is 124 cm³/mol. The van der Waals surface area contributed by atoms with Gasteiger partial charge in [0.2, 0.25) is 0 Å². The molecular formula is C20H31IN6O. The largest absolute Gasteiger partial charge is 0.378 e. The van der Waals surface area contributed by atoms with Crippen LogP contribution in [0.5, 0.6) is 0 Å². The first-order valence-electron chi connectivity index (χ1n) is 9.46. The van der Waals surface area contributed by atoms with E-state index in [0.717, 1.165) is 31.2 Å². The van der Waals surface area contributed by atoms with E-state index in [0.29, 0.717) is 13.2 Å². The molecule has 8 heteroatoms. The molecule has 2 aromatic rings. The average Bonchev–Trinajstić information content (AvgIpc) is 3.12. The van der Waals surface area contributed by atoms with Crippen LogP contribution < -0.4 is 10.2 Å². The normalized spacial score (nSPS) is 17.2. The molecule has 0 bridgehead atoms. The number of anilines is 1. The van der Waals surface area contributed by atoms with Crippen LogP contribution in [0, 0.1) is 0 Å². The third-order valence-corrected chi connectivity index (χ3v) is 4.66. The van der Waals surface area contributed by atoms with Gasteiger partial charge in [-0.05, 0) is 24.6 Å². The first-order valence-corrected chi connectivity index (χ1v) is 9.46. The number of hydrogen-bond acceptors (Lipinski definition) is 4. The molecule has 1 N–H and O–H groups in total. The fourth-order valence-electron chi connectivity index (χ4n) is 3.14. The van der Waals surface area contributed by atoms with Crippen molar-refractivity contribution in [2.45, 2.75) is 19.6 Å². The van der Waals surface area contributed by atoms with Gasteiger partial charge in [-0.2, -0.15) is 5.10 Å². The molecule has 1 unspecified atom stereocenters. The summed E-state index contributed by atoms with van der Waals surface area (Å²) in [7, 11) is 6.03. The highest BCUT2D eigenvalue weighted by Gasteiger charge is 2.25. The molecular weight excluding hydrogens is 467 g/mol. The quantitative estimate of drug-likeness (QED) is 0.391. The standard InChI is InChI=1S/C20H30N6O.HI/c1-5-21-20(22-12-16-6-8-18(9-7-16)24(2)3)26-10-11-27-19(15-26)17-13-23-25(4)14-17;/h6-9,13-14,19H,5,10-12,15H2,1-4H3,(H,21,22);1H. The molecule has 1 atom stereocenters. The highest BCUT2D eigenvalue weighted by molar-refractivity contribution is 14.0. The number of hydrogen-bond donors (Lipinski definition) is 1. The topological polar surface area (TPSA) is 57.9 Å². The Kier molecular flexibility index (Phi) is 8.56. The Balaban J connectivity index is 0.00000280. The lowest BCUT2D eigenvalue weighted by atomic mass is 10.1. The zero-order chi connectivity index (χ0) is 19.2. The molecule has 1 aromatic carbocycles. The minimum atomic E-state index is 0. The minimum absolute atomic E-state index is 0. The Morgan fingerprint density at radius 2 is 2.07 bits per heavy atom. The van der Waals surface area contributed by atoms with Crippen LogP contribution in [-0.4, -0.2) is 61.0 Å². The van der Waals surface area contributed by atoms with E-state index in [-0.39, 0.29) is 30.1 Å². The van der Waals surface area contributed by atoms with E-state index in [1.807, 2.05) is 38.2 Å². The fourth-order valence-corrected chi connectivity index (χ4v) is 3.14. The highest BCUT2D eigenvalue weighted by Crippen LogP contribution is 2.22. The maximum absolute atomic E-state index is 5.95. The van der Waals surface area contributed by atoms with Crippen LogP contribution >= 0.6 is 24.0 Å². The van der Waals surface area contributed by atoms with Gasteiger partial charge in [-0.25, -0.2) is 4.99 Å². The van der Waals surface area contributed by atoms with Gasteiger partial charge in [-0.15, -0.1) is 24.0 Å². The van der Waals surface area contributed by atoms with Gasteiger partial charge in [0.25, 0.3) is 0 Å². The van der Waals surface area contributed by atoms with E-state index in [2.05, 4.69) is 51.4 Å². The number of halogens is 1. The molecule has 28 heavy (non-hydrogen) atoms. The zero-order valence-corrected chi connectivity index (χ0v) is 19.5. The monoisotopic (exact) mass is 498 g/mol. The smallest absolute Gasteiger partial charge is 0.194 e. The maximum Gasteiger partial charge on any atom is 0.194 e. The summed E-state index contributed by atoms with van der Waals surface area (Å²) < 4.78 is 7.77. The van der Waals surface area contributed by atoms with Crippen LogP contribution in [0.2, 0.25) is 0 Å². The number of benzene rings is 1. The fraction of sp³-hybridized carbons (Fsp3) is 0.500. The molecule has 0 radical (unpaired) electrons. The zero-order valence-electron chi connectivity index (χ0n) is 17.1. The van der Waals surface area contributed by atoms with Crippen LogP contribution in [0.3, 0.4) is 0 Å². The lowest BCUT2D eigenvalue weighted by Gasteiger charge is -2.34. The number of ether oxygens (including phenoxy) is 1. The third kappa shape index (κ3) is 5.84. The van der Waals surface area contributed by atoms with Crippen molar-refractivity contribution in [2.24, 2.45) is 12.0 Å². The summed E-state index contributed by atoms with van der Waals surface area (Å²) in [5.41, 5.74) is 3.51. The molecule has 7 nitrogen and oxygen atoms in total. The predicted octanol–water partition coefficient (Wildman–Crippen LogP) is 2.64. The van der Waals surface area contributed by atoms with Gasteiger partial charge in [0, 0.05) is 51.7 Å². The van der Waals surface area contributed by atoms with Crippen molar-refractivity contribution in [3.05, 3.63) is 47.8 Å². The summed E-state index contributed by atoms with van der Waals surface area (Å²) in [4.78, 5) is 9.23. The number of nitrogens with one attached hydrogen (secondary N) is 1. The van der Waals surface area contributed by atoms with E-state index in [4.69, 9.17) is 9.73 Å². The second kappa shape index (κ2) is 10.7. The molecule has 1 aromatic heterocycles. The highest BCUT2D eigenvalue weighted by atomic mass is 127. The molecule has 1 fully saturated rings. The Hall–Kier alpha value is -1.81. The average molecular weight is 498 g/mol. The van der Waals surface area contributed by atoms with Crippen molar-refractivity contribution in [3.63, 3.8) is 0 Å². The summed E-state index contributed by atoms with van der Waals surface area (Å²) in [6, 6.07) is 8.54. The second-order valence-corrected chi connectivity index (χ2v) is 6.98. The number of guanidine groups is 1. The molecule has 1 aliphatic heterocycles. The van der Waals surface area contributed by atoms with Gasteiger partial charge in [0.05, 0.1) is 25.9 Å². The summed E-state index contributed by atoms with van der Waals surface area (Å²) in [6.45, 7) is 5.89. The molecule has 154 valence electrons. The molecule has 1 aliphatic rings. The molecule has 1 saturated heterocycles. The number of morpholine rings is 1. The summed E-state index contributed by atoms with van der Waals surface area (Å²) >= 11 is 0. The second-order valence-electron chi connectivity index (χ2n) is 6.98. The van der Waals surface area contributed by atoms with Crippen molar-refractivity contribution in [1.82, 2.24) is 20.0 Å². The third-order valence-electron chi connectivity index (χ3n) is 4.66. The van der Waals surface area contributed by atoms with Gasteiger partial charge in [0.15, 0.2) is 5.96 Å². The Morgan fingerprint density at radius 1 is 1.32 bits per heavy atom. The molecule has 2 heterocycles. The van der Waals surface area contributed by atoms with E-state index in [9.17, 15) is 0 Å². The summed E-state index contributed by atoms with van der Waals surface area (Å²) in [5, 5.41) is 7.68. The number of aliphatic imine (C=N–C) groups is 1. The number of nitrogens with zero attached hydrogens (tertiary/aromatic N) is 5. The van der Waals surface area contributed by atoms with Crippen molar-refractivity contribution in [2.75, 3.05) is 45.2 Å². The molecule has 0 spiro atoms. The van der Waals surface area contributed by atoms with Gasteiger partial charge >= 0.3 is 0 Å². The summed E-state index contributed by atoms with van der Waals surface area (Å²) in [6.07, 6.45) is 3.92. The number of aryl methyl sites for hydroxylation is 1. The molecule has 0 saturated carbocycles. The van der Waals surface area contributed by atoms with Gasteiger partial charge in [-0.1, -0.05) is 12.1 Å². The van der Waals surface area contributed by atoms with Crippen molar-refractivity contribution in [3.8, 4) is 0 Å². The van der Waals surface area contributed by atoms with E-state index in [1.54, 1.807) is 0 Å². The van der Waals surface area contributed by atoms with Crippen LogP contribution in [0.4, 0.5) is 5.69 Å². The van der Waals surface area contributed by atoms with Crippen molar-refractivity contribution in [1.29, 1.82) is 0 Å². The van der Waals surface area contributed by atoms with Crippen molar-refractivity contribution >= 4 is 35.6 Å². The van der Waals surface area contributed by atoms with Crippen LogP contribution in [-0.2, 0) is 18.3 Å². The Labute approximate surface area is 184 Å². The lowest BCUT2D eigenvalue weighted by Crippen LogP contribution is -2.48. The van der Waals surface area contributed by atoms with Crippen molar-refractivity contribution < 1.29 is 4.74 Å². The number of aromatic nitrogens is 2. The Bertz CT molecular complexity index is 758. The minimum Gasteiger partial charge on any atom is -0.378 e. The van der Waals surface area contributed by atoms with Gasteiger partial charge in [0.1, 0.15) is 6.10 Å². The molecule has 0 aliphatic carbocycles. The van der Waals surface area contributed by atoms with Crippen LogP contribution in [0.25, 0.3) is 0 Å². The molecule has 3 rings (SSSR count). The summed E-state index contributed by atoms with van der Waals surface area (Å²) in [5.74, 6) is 0.936. The van der Waals surface area contributed by atoms with Gasteiger partial charge < -0.3 is 19.9 Å². The van der Waals surface area contributed by atoms with Gasteiger partial charge in [-0.3, -0.25) is 4.68 Å². The Morgan fingerprint density at radius 3 is 2.68 bits per heavy atom. The van der Waals surface area contributed by atoms with E-state index in [1.165, 1.54) is 11.3 Å². The lowest BCUT2D eigenvalue weighted by molar-refractivity contribution is -0.00805.